The van der Waals surface area contributed by atoms with Crippen molar-refractivity contribution < 1.29 is 13.2 Å². The Morgan fingerprint density at radius 2 is 1.83 bits per heavy atom. The molecule has 0 fully saturated rings. The molecule has 124 valence electrons. The van der Waals surface area contributed by atoms with E-state index in [-0.39, 0.29) is 18.0 Å². The van der Waals surface area contributed by atoms with Gasteiger partial charge < -0.3 is 4.74 Å². The Kier molecular flexibility index (Phi) is 6.04. The minimum atomic E-state index is -3.55. The van der Waals surface area contributed by atoms with Gasteiger partial charge in [0.25, 0.3) is 0 Å². The molecule has 1 N–H and O–H groups in total. The Morgan fingerprint density at radius 1 is 1.13 bits per heavy atom. The quantitative estimate of drug-likeness (QED) is 0.774. The summed E-state index contributed by atoms with van der Waals surface area (Å²) in [6.07, 6.45) is 0.973. The van der Waals surface area contributed by atoms with Gasteiger partial charge in [-0.25, -0.2) is 13.1 Å². The van der Waals surface area contributed by atoms with Crippen LogP contribution in [0.2, 0.25) is 5.02 Å². The van der Waals surface area contributed by atoms with Crippen LogP contribution in [0.5, 0.6) is 5.75 Å². The number of halogens is 1. The Hall–Kier alpha value is -1.56. The minimum Gasteiger partial charge on any atom is -0.492 e. The lowest BCUT2D eigenvalue weighted by molar-refractivity contribution is 0.322. The molecule has 23 heavy (non-hydrogen) atoms. The topological polar surface area (TPSA) is 55.4 Å². The van der Waals surface area contributed by atoms with Crippen molar-refractivity contribution in [3.8, 4) is 5.75 Å². The van der Waals surface area contributed by atoms with Crippen LogP contribution in [-0.2, 0) is 16.4 Å². The predicted molar refractivity (Wildman–Crippen MR) is 92.7 cm³/mol. The minimum absolute atomic E-state index is 0.194. The van der Waals surface area contributed by atoms with E-state index in [1.807, 2.05) is 24.3 Å². The summed E-state index contributed by atoms with van der Waals surface area (Å²) in [7, 11) is -3.55. The van der Waals surface area contributed by atoms with Crippen molar-refractivity contribution in [1.82, 2.24) is 4.72 Å². The van der Waals surface area contributed by atoms with Gasteiger partial charge >= 0.3 is 0 Å². The van der Waals surface area contributed by atoms with Crippen molar-refractivity contribution in [1.29, 1.82) is 0 Å². The Bertz CT molecular complexity index is 758. The lowest BCUT2D eigenvalue weighted by Crippen LogP contribution is -2.28. The molecular weight excluding hydrogens is 334 g/mol. The van der Waals surface area contributed by atoms with Gasteiger partial charge in [-0.3, -0.25) is 0 Å². The Balaban J connectivity index is 1.88. The standard InChI is InChI=1S/C17H20ClNO3S/c1-3-14-4-6-15(7-5-14)22-11-10-19-23(20,21)16-8-9-17(18)13(2)12-16/h4-9,12,19H,3,10-11H2,1-2H3. The number of benzene rings is 2. The van der Waals surface area contributed by atoms with Gasteiger partial charge in [-0.15, -0.1) is 0 Å². The molecule has 0 aliphatic heterocycles. The van der Waals surface area contributed by atoms with Crippen molar-refractivity contribution in [2.75, 3.05) is 13.2 Å². The van der Waals surface area contributed by atoms with E-state index < -0.39 is 10.0 Å². The highest BCUT2D eigenvalue weighted by molar-refractivity contribution is 7.89. The Labute approximate surface area is 142 Å². The number of rotatable bonds is 7. The van der Waals surface area contributed by atoms with Crippen molar-refractivity contribution in [3.05, 3.63) is 58.6 Å². The van der Waals surface area contributed by atoms with Crippen LogP contribution in [-0.4, -0.2) is 21.6 Å². The van der Waals surface area contributed by atoms with Crippen LogP contribution in [0, 0.1) is 6.92 Å². The maximum Gasteiger partial charge on any atom is 0.240 e. The first-order valence-electron chi connectivity index (χ1n) is 7.40. The second-order valence-corrected chi connectivity index (χ2v) is 7.33. The molecule has 0 aliphatic rings. The molecule has 0 bridgehead atoms. The number of aryl methyl sites for hydroxylation is 2. The molecule has 2 aromatic rings. The lowest BCUT2D eigenvalue weighted by atomic mass is 10.2. The summed E-state index contributed by atoms with van der Waals surface area (Å²) in [5.74, 6) is 0.726. The van der Waals surface area contributed by atoms with Crippen molar-refractivity contribution in [3.63, 3.8) is 0 Å². The maximum absolute atomic E-state index is 12.2. The largest absolute Gasteiger partial charge is 0.492 e. The summed E-state index contributed by atoms with van der Waals surface area (Å²) in [4.78, 5) is 0.201. The van der Waals surface area contributed by atoms with Gasteiger partial charge in [0.05, 0.1) is 4.90 Å². The third-order valence-electron chi connectivity index (χ3n) is 3.43. The second-order valence-electron chi connectivity index (χ2n) is 5.15. The summed E-state index contributed by atoms with van der Waals surface area (Å²) in [6.45, 7) is 4.31. The molecule has 4 nitrogen and oxygen atoms in total. The van der Waals surface area contributed by atoms with Crippen LogP contribution >= 0.6 is 11.6 Å². The zero-order valence-electron chi connectivity index (χ0n) is 13.2. The van der Waals surface area contributed by atoms with Gasteiger partial charge in [0.15, 0.2) is 0 Å². The van der Waals surface area contributed by atoms with Gasteiger partial charge in [0.2, 0.25) is 10.0 Å². The van der Waals surface area contributed by atoms with E-state index in [4.69, 9.17) is 16.3 Å². The van der Waals surface area contributed by atoms with Gasteiger partial charge in [-0.1, -0.05) is 30.7 Å². The van der Waals surface area contributed by atoms with E-state index in [1.54, 1.807) is 19.1 Å². The fourth-order valence-corrected chi connectivity index (χ4v) is 3.25. The molecule has 0 unspecified atom stereocenters. The summed E-state index contributed by atoms with van der Waals surface area (Å²) in [5.41, 5.74) is 1.96. The van der Waals surface area contributed by atoms with Gasteiger partial charge in [0.1, 0.15) is 12.4 Å². The van der Waals surface area contributed by atoms with Gasteiger partial charge in [-0.2, -0.15) is 0 Å². The smallest absolute Gasteiger partial charge is 0.240 e. The van der Waals surface area contributed by atoms with Crippen LogP contribution in [0.15, 0.2) is 47.4 Å². The van der Waals surface area contributed by atoms with Crippen LogP contribution < -0.4 is 9.46 Å². The summed E-state index contributed by atoms with van der Waals surface area (Å²) in [6, 6.07) is 12.4. The maximum atomic E-state index is 12.2. The van der Waals surface area contributed by atoms with E-state index in [0.29, 0.717) is 5.02 Å². The summed E-state index contributed by atoms with van der Waals surface area (Å²) >= 11 is 5.91. The zero-order chi connectivity index (χ0) is 16.9. The van der Waals surface area contributed by atoms with Gasteiger partial charge in [0, 0.05) is 11.6 Å². The fourth-order valence-electron chi connectivity index (χ4n) is 2.03. The first-order valence-corrected chi connectivity index (χ1v) is 9.26. The molecule has 6 heteroatoms. The monoisotopic (exact) mass is 353 g/mol. The molecule has 0 aliphatic carbocycles. The average molecular weight is 354 g/mol. The van der Waals surface area contributed by atoms with Crippen LogP contribution in [0.4, 0.5) is 0 Å². The highest BCUT2D eigenvalue weighted by Crippen LogP contribution is 2.19. The number of nitrogens with one attached hydrogen (secondary N) is 1. The molecule has 0 saturated carbocycles. The third-order valence-corrected chi connectivity index (χ3v) is 5.32. The third kappa shape index (κ3) is 4.96. The Morgan fingerprint density at radius 3 is 2.43 bits per heavy atom. The molecule has 2 aromatic carbocycles. The number of hydrogen-bond donors (Lipinski definition) is 1. The molecular formula is C17H20ClNO3S. The molecule has 0 atom stereocenters. The molecule has 0 heterocycles. The SMILES string of the molecule is CCc1ccc(OCCNS(=O)(=O)c2ccc(Cl)c(C)c2)cc1. The first-order chi connectivity index (χ1) is 10.9. The van der Waals surface area contributed by atoms with Crippen LogP contribution in [0.1, 0.15) is 18.1 Å². The van der Waals surface area contributed by atoms with Crippen molar-refractivity contribution in [2.45, 2.75) is 25.2 Å². The molecule has 0 spiro atoms. The number of sulfonamides is 1. The first kappa shape index (κ1) is 17.8. The fraction of sp³-hybridized carbons (Fsp3) is 0.294. The average Bonchev–Trinajstić information content (AvgIpc) is 2.54. The summed E-state index contributed by atoms with van der Waals surface area (Å²) in [5, 5.41) is 0.544. The highest BCUT2D eigenvalue weighted by atomic mass is 35.5. The lowest BCUT2D eigenvalue weighted by Gasteiger charge is -2.10. The van der Waals surface area contributed by atoms with Crippen molar-refractivity contribution >= 4 is 21.6 Å². The second kappa shape index (κ2) is 7.81. The van der Waals surface area contributed by atoms with E-state index in [0.717, 1.165) is 17.7 Å². The number of hydrogen-bond acceptors (Lipinski definition) is 3. The van der Waals surface area contributed by atoms with Crippen LogP contribution in [0.3, 0.4) is 0 Å². The van der Waals surface area contributed by atoms with Crippen LogP contribution in [0.25, 0.3) is 0 Å². The molecule has 2 rings (SSSR count). The predicted octanol–water partition coefficient (Wildman–Crippen LogP) is 3.57. The van der Waals surface area contributed by atoms with E-state index >= 15 is 0 Å². The zero-order valence-corrected chi connectivity index (χ0v) is 14.7. The van der Waals surface area contributed by atoms with E-state index in [2.05, 4.69) is 11.6 Å². The van der Waals surface area contributed by atoms with E-state index in [1.165, 1.54) is 11.6 Å². The highest BCUT2D eigenvalue weighted by Gasteiger charge is 2.14. The van der Waals surface area contributed by atoms with E-state index in [9.17, 15) is 8.42 Å². The molecule has 0 radical (unpaired) electrons. The van der Waals surface area contributed by atoms with Crippen molar-refractivity contribution in [2.24, 2.45) is 0 Å². The number of ether oxygens (including phenoxy) is 1. The normalized spacial score (nSPS) is 11.4. The molecule has 0 amide bonds. The summed E-state index contributed by atoms with van der Waals surface area (Å²) < 4.78 is 32.4. The molecule has 0 saturated heterocycles. The van der Waals surface area contributed by atoms with Gasteiger partial charge in [-0.05, 0) is 54.8 Å². The molecule has 0 aromatic heterocycles.